The molecule has 150 valence electrons. The van der Waals surface area contributed by atoms with Crippen molar-refractivity contribution in [1.29, 1.82) is 0 Å². The van der Waals surface area contributed by atoms with Gasteiger partial charge in [-0.3, -0.25) is 5.10 Å². The highest BCUT2D eigenvalue weighted by Crippen LogP contribution is 2.24. The molecule has 0 saturated heterocycles. The first-order valence-electron chi connectivity index (χ1n) is 9.12. The average Bonchev–Trinajstić information content (AvgIpc) is 3.36. The summed E-state index contributed by atoms with van der Waals surface area (Å²) in [7, 11) is 0. The molecular weight excluding hydrogens is 378 g/mol. The second-order valence-electron chi connectivity index (χ2n) is 7.34. The zero-order chi connectivity index (χ0) is 20.4. The van der Waals surface area contributed by atoms with E-state index in [1.807, 2.05) is 30.3 Å². The van der Waals surface area contributed by atoms with Crippen molar-refractivity contribution in [2.75, 3.05) is 6.61 Å². The molecule has 1 aromatic carbocycles. The number of halogens is 2. The topological polar surface area (TPSA) is 81.5 Å². The third-order valence-electron chi connectivity index (χ3n) is 4.47. The van der Waals surface area contributed by atoms with Crippen LogP contribution in [0.5, 0.6) is 0 Å². The number of nitrogens with zero attached hydrogens (tertiary/aromatic N) is 5. The third-order valence-corrected chi connectivity index (χ3v) is 4.47. The van der Waals surface area contributed by atoms with Crippen LogP contribution in [-0.2, 0) is 11.2 Å². The first-order chi connectivity index (χ1) is 13.9. The van der Waals surface area contributed by atoms with Crippen LogP contribution in [0.1, 0.15) is 19.4 Å². The lowest BCUT2D eigenvalue weighted by atomic mass is 9.99. The van der Waals surface area contributed by atoms with Gasteiger partial charge in [0.15, 0.2) is 11.5 Å². The molecule has 0 aliphatic carbocycles. The molecule has 0 spiro atoms. The number of aromatic amines is 1. The quantitative estimate of drug-likeness (QED) is 0.512. The van der Waals surface area contributed by atoms with E-state index in [1.165, 1.54) is 6.33 Å². The monoisotopic (exact) mass is 398 g/mol. The molecule has 0 atom stereocenters. The number of nitrogens with one attached hydrogen (secondary N) is 1. The summed E-state index contributed by atoms with van der Waals surface area (Å²) in [6.07, 6.45) is 2.91. The van der Waals surface area contributed by atoms with Crippen LogP contribution >= 0.6 is 0 Å². The molecule has 9 heteroatoms. The summed E-state index contributed by atoms with van der Waals surface area (Å²) in [4.78, 5) is 8.72. The molecule has 4 rings (SSSR count). The first-order valence-corrected chi connectivity index (χ1v) is 9.12. The number of aromatic nitrogens is 6. The van der Waals surface area contributed by atoms with Crippen LogP contribution in [0.15, 0.2) is 49.1 Å². The highest BCUT2D eigenvalue weighted by atomic mass is 19.3. The Morgan fingerprint density at radius 2 is 2.03 bits per heavy atom. The van der Waals surface area contributed by atoms with E-state index in [-0.39, 0.29) is 0 Å². The van der Waals surface area contributed by atoms with Gasteiger partial charge in [0.1, 0.15) is 12.9 Å². The smallest absolute Gasteiger partial charge is 0.261 e. The molecule has 0 unspecified atom stereocenters. The van der Waals surface area contributed by atoms with Crippen LogP contribution in [0.25, 0.3) is 28.1 Å². The molecule has 0 bridgehead atoms. The largest absolute Gasteiger partial charge is 0.369 e. The van der Waals surface area contributed by atoms with Crippen LogP contribution in [0.3, 0.4) is 0 Å². The molecule has 0 aliphatic heterocycles. The fraction of sp³-hybridized carbons (Fsp3) is 0.300. The van der Waals surface area contributed by atoms with Gasteiger partial charge in [-0.25, -0.2) is 23.4 Å². The fourth-order valence-electron chi connectivity index (χ4n) is 3.21. The molecule has 0 saturated carbocycles. The second kappa shape index (κ2) is 7.67. The summed E-state index contributed by atoms with van der Waals surface area (Å²) < 4.78 is 31.9. The number of ether oxygens (including phenoxy) is 1. The molecule has 29 heavy (non-hydrogen) atoms. The van der Waals surface area contributed by atoms with Crippen molar-refractivity contribution < 1.29 is 13.5 Å². The molecule has 4 aromatic rings. The maximum atomic E-state index is 12.4. The van der Waals surface area contributed by atoms with Crippen LogP contribution in [0.4, 0.5) is 8.78 Å². The van der Waals surface area contributed by atoms with E-state index in [2.05, 4.69) is 25.3 Å². The van der Waals surface area contributed by atoms with Crippen molar-refractivity contribution in [1.82, 2.24) is 29.9 Å². The predicted molar refractivity (Wildman–Crippen MR) is 104 cm³/mol. The Kier molecular flexibility index (Phi) is 5.06. The lowest BCUT2D eigenvalue weighted by molar-refractivity contribution is -0.0694. The zero-order valence-corrected chi connectivity index (χ0v) is 16.0. The summed E-state index contributed by atoms with van der Waals surface area (Å²) >= 11 is 0. The highest BCUT2D eigenvalue weighted by molar-refractivity contribution is 5.77. The molecule has 3 heterocycles. The number of benzene rings is 1. The van der Waals surface area contributed by atoms with Crippen molar-refractivity contribution in [3.8, 4) is 17.1 Å². The Morgan fingerprint density at radius 1 is 1.17 bits per heavy atom. The van der Waals surface area contributed by atoms with Gasteiger partial charge < -0.3 is 4.74 Å². The molecule has 0 amide bonds. The average molecular weight is 398 g/mol. The van der Waals surface area contributed by atoms with E-state index < -0.39 is 18.6 Å². The summed E-state index contributed by atoms with van der Waals surface area (Å²) in [5.74, 6) is 0.671. The van der Waals surface area contributed by atoms with Gasteiger partial charge >= 0.3 is 0 Å². The van der Waals surface area contributed by atoms with Crippen molar-refractivity contribution in [3.63, 3.8) is 0 Å². The molecule has 0 fully saturated rings. The Bertz CT molecular complexity index is 1110. The lowest BCUT2D eigenvalue weighted by Crippen LogP contribution is -2.29. The van der Waals surface area contributed by atoms with Crippen molar-refractivity contribution in [3.05, 3.63) is 54.6 Å². The number of pyridine rings is 1. The van der Waals surface area contributed by atoms with Gasteiger partial charge in [0.2, 0.25) is 0 Å². The maximum absolute atomic E-state index is 12.4. The third kappa shape index (κ3) is 4.29. The van der Waals surface area contributed by atoms with E-state index in [0.717, 1.165) is 22.2 Å². The Labute approximate surface area is 165 Å². The minimum Gasteiger partial charge on any atom is -0.369 e. The number of fused-ring (bicyclic) bond motifs is 1. The van der Waals surface area contributed by atoms with Crippen molar-refractivity contribution >= 4 is 11.0 Å². The Morgan fingerprint density at radius 3 is 2.79 bits per heavy atom. The second-order valence-corrected chi connectivity index (χ2v) is 7.34. The summed E-state index contributed by atoms with van der Waals surface area (Å²) in [5.41, 5.74) is 2.61. The van der Waals surface area contributed by atoms with Crippen LogP contribution in [0, 0.1) is 0 Å². The van der Waals surface area contributed by atoms with Crippen molar-refractivity contribution in [2.45, 2.75) is 32.3 Å². The van der Waals surface area contributed by atoms with Gasteiger partial charge in [0.25, 0.3) is 6.43 Å². The van der Waals surface area contributed by atoms with Gasteiger partial charge in [0, 0.05) is 23.6 Å². The highest BCUT2D eigenvalue weighted by Gasteiger charge is 2.22. The minimum atomic E-state index is -2.49. The number of H-pyrrole nitrogens is 1. The summed E-state index contributed by atoms with van der Waals surface area (Å²) in [6.45, 7) is 3.00. The van der Waals surface area contributed by atoms with E-state index in [1.54, 1.807) is 30.9 Å². The van der Waals surface area contributed by atoms with Gasteiger partial charge in [-0.05, 0) is 37.6 Å². The molecule has 7 nitrogen and oxygen atoms in total. The van der Waals surface area contributed by atoms with Crippen LogP contribution in [-0.4, -0.2) is 48.6 Å². The van der Waals surface area contributed by atoms with Crippen LogP contribution < -0.4 is 0 Å². The lowest BCUT2D eigenvalue weighted by Gasteiger charge is -2.25. The summed E-state index contributed by atoms with van der Waals surface area (Å²) in [6, 6.07) is 9.69. The van der Waals surface area contributed by atoms with E-state index in [9.17, 15) is 8.78 Å². The fourth-order valence-corrected chi connectivity index (χ4v) is 3.21. The first kappa shape index (κ1) is 19.1. The standard InChI is InChI=1S/C20H20F2N6O/c1-20(2,29-11-17(21)22)8-13-6-15-10-26-28(19(15)23-9-13)16-5-3-4-14(7-16)18-24-12-25-27-18/h3-7,9-10,12,17H,8,11H2,1-2H3,(H,24,25,27). The van der Waals surface area contributed by atoms with E-state index in [0.29, 0.717) is 17.9 Å². The molecule has 1 N–H and O–H groups in total. The van der Waals surface area contributed by atoms with Gasteiger partial charge in [-0.1, -0.05) is 12.1 Å². The number of hydrogen-bond acceptors (Lipinski definition) is 5. The predicted octanol–water partition coefficient (Wildman–Crippen LogP) is 3.81. The number of alkyl halides is 2. The van der Waals surface area contributed by atoms with E-state index in [4.69, 9.17) is 4.74 Å². The SMILES string of the molecule is CC(C)(Cc1cnc2c(cnn2-c2cccc(-c3ncn[nH]3)c2)c1)OCC(F)F. The normalized spacial score (nSPS) is 12.2. The number of rotatable bonds is 7. The van der Waals surface area contributed by atoms with Crippen molar-refractivity contribution in [2.24, 2.45) is 0 Å². The van der Waals surface area contributed by atoms with Gasteiger partial charge in [0.05, 0.1) is 17.5 Å². The Balaban J connectivity index is 1.60. The van der Waals surface area contributed by atoms with Gasteiger partial charge in [-0.2, -0.15) is 10.2 Å². The zero-order valence-electron chi connectivity index (χ0n) is 16.0. The molecule has 0 aliphatic rings. The van der Waals surface area contributed by atoms with E-state index >= 15 is 0 Å². The van der Waals surface area contributed by atoms with Gasteiger partial charge in [-0.15, -0.1) is 0 Å². The minimum absolute atomic E-state index is 0.467. The molecule has 3 aromatic heterocycles. The maximum Gasteiger partial charge on any atom is 0.261 e. The van der Waals surface area contributed by atoms with Crippen LogP contribution in [0.2, 0.25) is 0 Å². The molecular formula is C20H20F2N6O. The number of hydrogen-bond donors (Lipinski definition) is 1. The Hall–Kier alpha value is -3.20. The summed E-state index contributed by atoms with van der Waals surface area (Å²) in [5, 5.41) is 12.0. The molecule has 0 radical (unpaired) electrons.